The van der Waals surface area contributed by atoms with Gasteiger partial charge in [-0.05, 0) is 12.8 Å². The first-order valence-corrected chi connectivity index (χ1v) is 3.97. The predicted molar refractivity (Wildman–Crippen MR) is 43.1 cm³/mol. The summed E-state index contributed by atoms with van der Waals surface area (Å²) in [6.07, 6.45) is 2.36. The molecule has 0 radical (unpaired) electrons. The molecular formula is C8H15NO2. The van der Waals surface area contributed by atoms with Crippen molar-refractivity contribution in [2.75, 3.05) is 6.54 Å². The van der Waals surface area contributed by atoms with Crippen molar-refractivity contribution in [3.8, 4) is 0 Å². The van der Waals surface area contributed by atoms with Gasteiger partial charge in [-0.3, -0.25) is 4.79 Å². The first kappa shape index (κ1) is 10.1. The predicted octanol–water partition coefficient (Wildman–Crippen LogP) is 0.738. The molecule has 1 N–H and O–H groups in total. The van der Waals surface area contributed by atoms with E-state index in [0.717, 1.165) is 12.8 Å². The molecule has 0 bridgehead atoms. The Bertz CT molecular complexity index is 130. The van der Waals surface area contributed by atoms with Crippen LogP contribution >= 0.6 is 0 Å². The van der Waals surface area contributed by atoms with Crippen molar-refractivity contribution in [3.63, 3.8) is 0 Å². The van der Waals surface area contributed by atoms with Gasteiger partial charge in [-0.25, -0.2) is 0 Å². The van der Waals surface area contributed by atoms with Gasteiger partial charge in [-0.1, -0.05) is 13.8 Å². The van der Waals surface area contributed by atoms with Gasteiger partial charge in [-0.2, -0.15) is 0 Å². The fourth-order valence-electron chi connectivity index (χ4n) is 0.946. The zero-order chi connectivity index (χ0) is 8.69. The van der Waals surface area contributed by atoms with Crippen molar-refractivity contribution in [1.82, 2.24) is 5.32 Å². The minimum atomic E-state index is -0.0119. The van der Waals surface area contributed by atoms with Crippen LogP contribution in [0.1, 0.15) is 26.7 Å². The molecule has 64 valence electrons. The molecule has 0 fully saturated rings. The van der Waals surface area contributed by atoms with Gasteiger partial charge in [0.05, 0.1) is 6.54 Å². The topological polar surface area (TPSA) is 46.2 Å². The van der Waals surface area contributed by atoms with Crippen molar-refractivity contribution in [2.45, 2.75) is 26.7 Å². The summed E-state index contributed by atoms with van der Waals surface area (Å²) in [5, 5.41) is 2.53. The van der Waals surface area contributed by atoms with E-state index < -0.39 is 0 Å². The van der Waals surface area contributed by atoms with Crippen molar-refractivity contribution in [1.29, 1.82) is 0 Å². The minimum Gasteiger partial charge on any atom is -0.349 e. The molecule has 3 nitrogen and oxygen atoms in total. The molecule has 0 aliphatic rings. The number of carbonyl (C=O) groups is 2. The van der Waals surface area contributed by atoms with Gasteiger partial charge in [0, 0.05) is 5.92 Å². The Morgan fingerprint density at radius 1 is 1.45 bits per heavy atom. The van der Waals surface area contributed by atoms with Crippen LogP contribution in [0.5, 0.6) is 0 Å². The summed E-state index contributed by atoms with van der Waals surface area (Å²) in [5.41, 5.74) is 0. The fraction of sp³-hybridized carbons (Fsp3) is 0.750. The van der Waals surface area contributed by atoms with Gasteiger partial charge in [-0.15, -0.1) is 0 Å². The lowest BCUT2D eigenvalue weighted by molar-refractivity contribution is -0.126. The molecule has 0 atom stereocenters. The number of hydrogen-bond donors (Lipinski definition) is 1. The van der Waals surface area contributed by atoms with Crippen molar-refractivity contribution in [3.05, 3.63) is 0 Å². The molecule has 0 aromatic heterocycles. The van der Waals surface area contributed by atoms with E-state index in [2.05, 4.69) is 5.32 Å². The van der Waals surface area contributed by atoms with E-state index in [-0.39, 0.29) is 18.4 Å². The Balaban J connectivity index is 3.69. The Kier molecular flexibility index (Phi) is 5.43. The number of amides is 1. The average molecular weight is 157 g/mol. The second-order valence-electron chi connectivity index (χ2n) is 2.43. The molecule has 0 rings (SSSR count). The van der Waals surface area contributed by atoms with E-state index in [1.54, 1.807) is 0 Å². The van der Waals surface area contributed by atoms with Crippen LogP contribution in [0.2, 0.25) is 0 Å². The molecular weight excluding hydrogens is 142 g/mol. The van der Waals surface area contributed by atoms with Gasteiger partial charge < -0.3 is 10.1 Å². The first-order valence-electron chi connectivity index (χ1n) is 3.97. The lowest BCUT2D eigenvalue weighted by Gasteiger charge is -2.10. The summed E-state index contributed by atoms with van der Waals surface area (Å²) >= 11 is 0. The quantitative estimate of drug-likeness (QED) is 0.598. The molecule has 11 heavy (non-hydrogen) atoms. The van der Waals surface area contributed by atoms with Crippen LogP contribution in [-0.2, 0) is 9.59 Å². The highest BCUT2D eigenvalue weighted by atomic mass is 16.2. The Morgan fingerprint density at radius 3 is 2.36 bits per heavy atom. The summed E-state index contributed by atoms with van der Waals surface area (Å²) in [4.78, 5) is 21.0. The van der Waals surface area contributed by atoms with Gasteiger partial charge in [0.1, 0.15) is 6.29 Å². The zero-order valence-corrected chi connectivity index (χ0v) is 7.09. The fourth-order valence-corrected chi connectivity index (χ4v) is 0.946. The zero-order valence-electron chi connectivity index (χ0n) is 7.09. The molecule has 0 spiro atoms. The maximum Gasteiger partial charge on any atom is 0.223 e. The molecule has 0 aromatic carbocycles. The standard InChI is InChI=1S/C8H15NO2/c1-3-7(4-2)8(11)9-5-6-10/h6-7H,3-5H2,1-2H3,(H,9,11). The van der Waals surface area contributed by atoms with E-state index in [1.165, 1.54) is 0 Å². The summed E-state index contributed by atoms with van der Waals surface area (Å²) < 4.78 is 0. The number of hydrogen-bond acceptors (Lipinski definition) is 2. The molecule has 1 amide bonds. The van der Waals surface area contributed by atoms with Crippen LogP contribution < -0.4 is 5.32 Å². The van der Waals surface area contributed by atoms with Gasteiger partial charge in [0.2, 0.25) is 5.91 Å². The Labute approximate surface area is 67.2 Å². The average Bonchev–Trinajstić information content (AvgIpc) is 2.03. The second-order valence-corrected chi connectivity index (χ2v) is 2.43. The molecule has 3 heteroatoms. The molecule has 0 aromatic rings. The van der Waals surface area contributed by atoms with Gasteiger partial charge >= 0.3 is 0 Å². The summed E-state index contributed by atoms with van der Waals surface area (Å²) in [6.45, 7) is 4.07. The molecule has 0 unspecified atom stereocenters. The third-order valence-corrected chi connectivity index (χ3v) is 1.72. The Hall–Kier alpha value is -0.860. The van der Waals surface area contributed by atoms with Crippen LogP contribution in [0.25, 0.3) is 0 Å². The Morgan fingerprint density at radius 2 is 2.00 bits per heavy atom. The molecule has 0 aliphatic carbocycles. The van der Waals surface area contributed by atoms with Crippen molar-refractivity contribution in [2.24, 2.45) is 5.92 Å². The number of aldehydes is 1. The smallest absolute Gasteiger partial charge is 0.223 e. The summed E-state index contributed by atoms with van der Waals surface area (Å²) in [7, 11) is 0. The van der Waals surface area contributed by atoms with Crippen LogP contribution in [0.4, 0.5) is 0 Å². The van der Waals surface area contributed by atoms with E-state index >= 15 is 0 Å². The van der Waals surface area contributed by atoms with Crippen molar-refractivity contribution >= 4 is 12.2 Å². The highest BCUT2D eigenvalue weighted by molar-refractivity contribution is 5.80. The van der Waals surface area contributed by atoms with Crippen LogP contribution in [0, 0.1) is 5.92 Å². The van der Waals surface area contributed by atoms with E-state index in [1.807, 2.05) is 13.8 Å². The normalized spacial score (nSPS) is 9.73. The van der Waals surface area contributed by atoms with E-state index in [9.17, 15) is 9.59 Å². The molecule has 0 heterocycles. The van der Waals surface area contributed by atoms with Crippen LogP contribution in [-0.4, -0.2) is 18.7 Å². The maximum atomic E-state index is 11.1. The number of nitrogens with one attached hydrogen (secondary N) is 1. The SMILES string of the molecule is CCC(CC)C(=O)NCC=O. The first-order chi connectivity index (χ1) is 5.26. The summed E-state index contributed by atoms with van der Waals surface area (Å²) in [6, 6.07) is 0. The molecule has 0 saturated heterocycles. The summed E-state index contributed by atoms with van der Waals surface area (Å²) in [5.74, 6) is 0.0528. The largest absolute Gasteiger partial charge is 0.349 e. The van der Waals surface area contributed by atoms with Crippen LogP contribution in [0.15, 0.2) is 0 Å². The van der Waals surface area contributed by atoms with Gasteiger partial charge in [0.15, 0.2) is 0 Å². The number of rotatable bonds is 5. The van der Waals surface area contributed by atoms with Gasteiger partial charge in [0.25, 0.3) is 0 Å². The number of carbonyl (C=O) groups excluding carboxylic acids is 2. The second kappa shape index (κ2) is 5.89. The lowest BCUT2D eigenvalue weighted by atomic mass is 10.0. The molecule has 0 saturated carbocycles. The maximum absolute atomic E-state index is 11.1. The van der Waals surface area contributed by atoms with E-state index in [4.69, 9.17) is 0 Å². The monoisotopic (exact) mass is 157 g/mol. The highest BCUT2D eigenvalue weighted by Gasteiger charge is 2.12. The third kappa shape index (κ3) is 3.75. The highest BCUT2D eigenvalue weighted by Crippen LogP contribution is 2.06. The minimum absolute atomic E-state index is 0.0119. The van der Waals surface area contributed by atoms with E-state index in [0.29, 0.717) is 6.29 Å². The van der Waals surface area contributed by atoms with Crippen LogP contribution in [0.3, 0.4) is 0 Å². The molecule has 0 aliphatic heterocycles. The lowest BCUT2D eigenvalue weighted by Crippen LogP contribution is -2.31. The third-order valence-electron chi connectivity index (χ3n) is 1.72. The van der Waals surface area contributed by atoms with Crippen molar-refractivity contribution < 1.29 is 9.59 Å².